The Kier molecular flexibility index (Phi) is 5.29. The van der Waals surface area contributed by atoms with Crippen LogP contribution in [0.25, 0.3) is 0 Å². The molecule has 2 aromatic carbocycles. The zero-order chi connectivity index (χ0) is 17.6. The van der Waals surface area contributed by atoms with Crippen molar-refractivity contribution >= 4 is 17.5 Å². The molecular formula is C21H24N4. The maximum atomic E-state index is 4.57. The Labute approximate surface area is 149 Å². The Hall–Kier alpha value is -2.88. The van der Waals surface area contributed by atoms with Crippen molar-refractivity contribution in [3.05, 3.63) is 77.5 Å². The number of aromatic nitrogens is 2. The summed E-state index contributed by atoms with van der Waals surface area (Å²) in [4.78, 5) is 8.91. The quantitative estimate of drug-likeness (QED) is 0.646. The normalized spacial score (nSPS) is 10.7. The molecule has 0 aliphatic heterocycles. The summed E-state index contributed by atoms with van der Waals surface area (Å²) in [6.07, 6.45) is 1.77. The summed E-state index contributed by atoms with van der Waals surface area (Å²) in [7, 11) is 0. The lowest BCUT2D eigenvalue weighted by Gasteiger charge is -2.14. The maximum absolute atomic E-state index is 4.57. The molecule has 0 aliphatic rings. The van der Waals surface area contributed by atoms with Crippen molar-refractivity contribution in [3.8, 4) is 0 Å². The van der Waals surface area contributed by atoms with Gasteiger partial charge in [-0.05, 0) is 36.1 Å². The molecule has 2 N–H and O–H groups in total. The summed E-state index contributed by atoms with van der Waals surface area (Å²) in [6.45, 7) is 7.19. The lowest BCUT2D eigenvalue weighted by atomic mass is 10.0. The molecule has 0 radical (unpaired) electrons. The van der Waals surface area contributed by atoms with E-state index in [9.17, 15) is 0 Å². The van der Waals surface area contributed by atoms with Crippen molar-refractivity contribution in [2.45, 2.75) is 33.2 Å². The van der Waals surface area contributed by atoms with Crippen LogP contribution in [0.4, 0.5) is 17.5 Å². The molecule has 3 rings (SSSR count). The molecule has 1 aromatic heterocycles. The molecule has 1 heterocycles. The van der Waals surface area contributed by atoms with Gasteiger partial charge in [0.15, 0.2) is 0 Å². The van der Waals surface area contributed by atoms with E-state index in [2.05, 4.69) is 83.8 Å². The third-order valence-corrected chi connectivity index (χ3v) is 4.08. The summed E-state index contributed by atoms with van der Waals surface area (Å²) in [5.41, 5.74) is 4.79. The number of para-hydroxylation sites is 1. The van der Waals surface area contributed by atoms with Crippen LogP contribution in [0.5, 0.6) is 0 Å². The van der Waals surface area contributed by atoms with Gasteiger partial charge in [-0.3, -0.25) is 0 Å². The molecule has 4 nitrogen and oxygen atoms in total. The predicted octanol–water partition coefficient (Wildman–Crippen LogP) is 5.26. The molecule has 0 atom stereocenters. The molecule has 0 saturated heterocycles. The van der Waals surface area contributed by atoms with Gasteiger partial charge in [-0.2, -0.15) is 4.98 Å². The number of benzene rings is 2. The Morgan fingerprint density at radius 3 is 2.48 bits per heavy atom. The van der Waals surface area contributed by atoms with Crippen molar-refractivity contribution in [2.24, 2.45) is 0 Å². The summed E-state index contributed by atoms with van der Waals surface area (Å²) >= 11 is 0. The van der Waals surface area contributed by atoms with Crippen LogP contribution in [0.15, 0.2) is 60.8 Å². The minimum Gasteiger partial charge on any atom is -0.366 e. The van der Waals surface area contributed by atoms with Gasteiger partial charge in [0.1, 0.15) is 5.82 Å². The second kappa shape index (κ2) is 7.79. The Bertz CT molecular complexity index is 825. The van der Waals surface area contributed by atoms with Gasteiger partial charge in [-0.1, -0.05) is 61.9 Å². The van der Waals surface area contributed by atoms with E-state index in [-0.39, 0.29) is 0 Å². The Morgan fingerprint density at radius 2 is 1.72 bits per heavy atom. The van der Waals surface area contributed by atoms with Gasteiger partial charge < -0.3 is 10.6 Å². The van der Waals surface area contributed by atoms with Gasteiger partial charge in [0.05, 0.1) is 0 Å². The molecule has 0 amide bonds. The van der Waals surface area contributed by atoms with Gasteiger partial charge in [0.25, 0.3) is 0 Å². The first kappa shape index (κ1) is 17.0. The molecular weight excluding hydrogens is 308 g/mol. The van der Waals surface area contributed by atoms with Crippen molar-refractivity contribution in [1.82, 2.24) is 9.97 Å². The average molecular weight is 332 g/mol. The number of aryl methyl sites for hydroxylation is 1. The van der Waals surface area contributed by atoms with Gasteiger partial charge >= 0.3 is 0 Å². The van der Waals surface area contributed by atoms with Crippen LogP contribution in [-0.2, 0) is 6.54 Å². The van der Waals surface area contributed by atoms with Crippen molar-refractivity contribution in [3.63, 3.8) is 0 Å². The second-order valence-corrected chi connectivity index (χ2v) is 6.47. The topological polar surface area (TPSA) is 49.8 Å². The smallest absolute Gasteiger partial charge is 0.229 e. The molecule has 0 unspecified atom stereocenters. The standard InChI is InChI=1S/C21H24N4/c1-15(2)18-6-4-5-7-19(18)24-21-22-13-12-20(25-21)23-14-17-10-8-16(3)9-11-17/h4-13,15H,14H2,1-3H3,(H2,22,23,24,25). The van der Waals surface area contributed by atoms with E-state index in [1.807, 2.05) is 12.1 Å². The largest absolute Gasteiger partial charge is 0.366 e. The van der Waals surface area contributed by atoms with Crippen LogP contribution in [-0.4, -0.2) is 9.97 Å². The monoisotopic (exact) mass is 332 g/mol. The van der Waals surface area contributed by atoms with Crippen molar-refractivity contribution in [1.29, 1.82) is 0 Å². The van der Waals surface area contributed by atoms with Gasteiger partial charge in [-0.25, -0.2) is 4.98 Å². The number of anilines is 3. The zero-order valence-corrected chi connectivity index (χ0v) is 15.0. The van der Waals surface area contributed by atoms with Crippen LogP contribution < -0.4 is 10.6 Å². The fourth-order valence-electron chi connectivity index (χ4n) is 2.65. The summed E-state index contributed by atoms with van der Waals surface area (Å²) in [5.74, 6) is 1.84. The van der Waals surface area contributed by atoms with E-state index in [4.69, 9.17) is 0 Å². The summed E-state index contributed by atoms with van der Waals surface area (Å²) in [6, 6.07) is 18.6. The molecule has 0 bridgehead atoms. The molecule has 4 heteroatoms. The highest BCUT2D eigenvalue weighted by Gasteiger charge is 2.07. The minimum atomic E-state index is 0.437. The molecule has 25 heavy (non-hydrogen) atoms. The van der Waals surface area contributed by atoms with Gasteiger partial charge in [0.2, 0.25) is 5.95 Å². The van der Waals surface area contributed by atoms with Crippen LogP contribution in [0, 0.1) is 6.92 Å². The average Bonchev–Trinajstić information content (AvgIpc) is 2.62. The molecule has 0 fully saturated rings. The Balaban J connectivity index is 1.70. The van der Waals surface area contributed by atoms with E-state index < -0.39 is 0 Å². The SMILES string of the molecule is Cc1ccc(CNc2ccnc(Nc3ccccc3C(C)C)n2)cc1. The highest BCUT2D eigenvalue weighted by atomic mass is 15.1. The number of hydrogen-bond donors (Lipinski definition) is 2. The number of rotatable bonds is 6. The lowest BCUT2D eigenvalue weighted by molar-refractivity contribution is 0.868. The predicted molar refractivity (Wildman–Crippen MR) is 104 cm³/mol. The first-order valence-corrected chi connectivity index (χ1v) is 8.60. The number of nitrogens with zero attached hydrogens (tertiary/aromatic N) is 2. The van der Waals surface area contributed by atoms with Gasteiger partial charge in [0, 0.05) is 18.4 Å². The molecule has 3 aromatic rings. The van der Waals surface area contributed by atoms with E-state index >= 15 is 0 Å². The Morgan fingerprint density at radius 1 is 0.960 bits per heavy atom. The third kappa shape index (κ3) is 4.57. The van der Waals surface area contributed by atoms with Crippen LogP contribution in [0.1, 0.15) is 36.5 Å². The lowest BCUT2D eigenvalue weighted by Crippen LogP contribution is -2.05. The number of nitrogens with one attached hydrogen (secondary N) is 2. The highest BCUT2D eigenvalue weighted by Crippen LogP contribution is 2.25. The van der Waals surface area contributed by atoms with Gasteiger partial charge in [-0.15, -0.1) is 0 Å². The van der Waals surface area contributed by atoms with Crippen LogP contribution >= 0.6 is 0 Å². The van der Waals surface area contributed by atoms with Crippen LogP contribution in [0.3, 0.4) is 0 Å². The zero-order valence-electron chi connectivity index (χ0n) is 15.0. The number of hydrogen-bond acceptors (Lipinski definition) is 4. The van der Waals surface area contributed by atoms with Crippen LogP contribution in [0.2, 0.25) is 0 Å². The van der Waals surface area contributed by atoms with Crippen molar-refractivity contribution < 1.29 is 0 Å². The molecule has 128 valence electrons. The van der Waals surface area contributed by atoms with E-state index in [0.29, 0.717) is 11.9 Å². The minimum absolute atomic E-state index is 0.437. The fraction of sp³-hybridized carbons (Fsp3) is 0.238. The third-order valence-electron chi connectivity index (χ3n) is 4.08. The van der Waals surface area contributed by atoms with E-state index in [1.54, 1.807) is 6.20 Å². The summed E-state index contributed by atoms with van der Waals surface area (Å²) < 4.78 is 0. The molecule has 0 saturated carbocycles. The maximum Gasteiger partial charge on any atom is 0.229 e. The molecule has 0 spiro atoms. The van der Waals surface area contributed by atoms with Crippen molar-refractivity contribution in [2.75, 3.05) is 10.6 Å². The highest BCUT2D eigenvalue weighted by molar-refractivity contribution is 5.60. The van der Waals surface area contributed by atoms with E-state index in [1.165, 1.54) is 16.7 Å². The fourth-order valence-corrected chi connectivity index (χ4v) is 2.65. The first-order valence-electron chi connectivity index (χ1n) is 8.60. The molecule has 0 aliphatic carbocycles. The first-order chi connectivity index (χ1) is 12.1. The van der Waals surface area contributed by atoms with E-state index in [0.717, 1.165) is 18.1 Å². The summed E-state index contributed by atoms with van der Waals surface area (Å²) in [5, 5.41) is 6.69. The second-order valence-electron chi connectivity index (χ2n) is 6.47.